The van der Waals surface area contributed by atoms with Gasteiger partial charge in [0, 0.05) is 26.3 Å². The molecule has 1 fully saturated rings. The molecule has 7 nitrogen and oxygen atoms in total. The zero-order valence-electron chi connectivity index (χ0n) is 25.3. The minimum atomic E-state index is -0.752. The lowest BCUT2D eigenvalue weighted by molar-refractivity contribution is -0.122. The Hall–Kier alpha value is -3.99. The van der Waals surface area contributed by atoms with Crippen molar-refractivity contribution < 1.29 is 14.4 Å². The van der Waals surface area contributed by atoms with Gasteiger partial charge in [0.2, 0.25) is 17.7 Å². The molecule has 2 aliphatic rings. The Morgan fingerprint density at radius 3 is 2.28 bits per heavy atom. The molecule has 1 N–H and O–H groups in total. The van der Waals surface area contributed by atoms with Crippen LogP contribution in [-0.4, -0.2) is 27.5 Å². The molecule has 0 radical (unpaired) electrons. The number of rotatable bonds is 5. The minimum absolute atomic E-state index is 0.0717. The van der Waals surface area contributed by atoms with Crippen LogP contribution >= 0.6 is 39.0 Å². The van der Waals surface area contributed by atoms with Crippen LogP contribution in [0.1, 0.15) is 42.7 Å². The van der Waals surface area contributed by atoms with Crippen LogP contribution in [0.4, 0.5) is 11.4 Å². The fraction of sp³-hybridized carbons (Fsp3) is 0.222. The number of carbonyl (C=O) groups is 3. The van der Waals surface area contributed by atoms with Gasteiger partial charge < -0.3 is 5.32 Å². The van der Waals surface area contributed by atoms with Gasteiger partial charge in [-0.2, -0.15) is 0 Å². The number of thioether (sulfide) groups is 1. The van der Waals surface area contributed by atoms with Crippen molar-refractivity contribution in [1.82, 2.24) is 4.57 Å². The molecular weight excluding hydrogens is 682 g/mol. The van der Waals surface area contributed by atoms with Crippen molar-refractivity contribution in [3.8, 4) is 0 Å². The second-order valence-electron chi connectivity index (χ2n) is 12.6. The molecule has 3 atom stereocenters. The van der Waals surface area contributed by atoms with Gasteiger partial charge >= 0.3 is 4.87 Å². The first-order chi connectivity index (χ1) is 22.0. The first-order valence-corrected chi connectivity index (χ1v) is 17.4. The summed E-state index contributed by atoms with van der Waals surface area (Å²) in [6, 6.07) is 28.7. The Kier molecular flexibility index (Phi) is 7.77. The van der Waals surface area contributed by atoms with Crippen molar-refractivity contribution in [3.05, 3.63) is 121 Å². The molecule has 7 rings (SSSR count). The summed E-state index contributed by atoms with van der Waals surface area (Å²) in [4.78, 5) is 56.9. The smallest absolute Gasteiger partial charge is 0.308 e. The molecule has 2 aliphatic heterocycles. The predicted octanol–water partition coefficient (Wildman–Crippen LogP) is 7.56. The number of fused-ring (bicyclic) bond motifs is 3. The summed E-state index contributed by atoms with van der Waals surface area (Å²) in [6.07, 6.45) is 0. The SMILES string of the molecule is CC(C)(C)c1ccc([C@@H]2c3sc(=O)n(CC(=O)Nc4cccc5ccccc45)c3S[C@H]3C(=O)N(c4ccc(Br)cc4)C(=O)[C@@H]23)cc1. The number of benzene rings is 4. The number of imide groups is 1. The number of hydrogen-bond donors (Lipinski definition) is 1. The average Bonchev–Trinajstić information content (AvgIpc) is 3.47. The van der Waals surface area contributed by atoms with Crippen molar-refractivity contribution in [3.63, 3.8) is 0 Å². The standard InChI is InChI=1S/C36H30BrN3O4S2/c1-36(2,3)22-13-11-21(12-14-22)28-29-30(33(43)40(32(29)42)24-17-15-23(37)16-18-24)45-34-31(28)46-35(44)39(34)19-27(41)38-26-10-6-8-20-7-4-5-9-25(20)26/h4-18,28-30H,19H2,1-3H3,(H,38,41)/t28-,29-,30+/m0/s1. The summed E-state index contributed by atoms with van der Waals surface area (Å²) in [5, 5.41) is 4.68. The summed E-state index contributed by atoms with van der Waals surface area (Å²) >= 11 is 5.70. The first kappa shape index (κ1) is 30.7. The number of hydrogen-bond acceptors (Lipinski definition) is 6. The van der Waals surface area contributed by atoms with Crippen LogP contribution in [0.15, 0.2) is 105 Å². The minimum Gasteiger partial charge on any atom is -0.324 e. The van der Waals surface area contributed by atoms with Gasteiger partial charge in [-0.15, -0.1) is 0 Å². The second kappa shape index (κ2) is 11.7. The Morgan fingerprint density at radius 2 is 1.57 bits per heavy atom. The molecule has 0 spiro atoms. The van der Waals surface area contributed by atoms with E-state index in [2.05, 4.69) is 54.2 Å². The molecular formula is C36H30BrN3O4S2. The van der Waals surface area contributed by atoms with Gasteiger partial charge in [-0.3, -0.25) is 23.7 Å². The van der Waals surface area contributed by atoms with Crippen molar-refractivity contribution >= 4 is 78.9 Å². The first-order valence-electron chi connectivity index (χ1n) is 14.9. The third-order valence-electron chi connectivity index (χ3n) is 8.64. The lowest BCUT2D eigenvalue weighted by Crippen LogP contribution is -2.33. The fourth-order valence-corrected chi connectivity index (χ4v) is 9.35. The van der Waals surface area contributed by atoms with Crippen LogP contribution < -0.4 is 15.1 Å². The Balaban J connectivity index is 1.29. The van der Waals surface area contributed by atoms with Gasteiger partial charge in [0.05, 0.1) is 16.6 Å². The Labute approximate surface area is 282 Å². The number of amides is 3. The van der Waals surface area contributed by atoms with E-state index in [-0.39, 0.29) is 34.6 Å². The maximum Gasteiger partial charge on any atom is 0.308 e. The number of halogens is 1. The third kappa shape index (κ3) is 5.32. The van der Waals surface area contributed by atoms with Gasteiger partial charge in [-0.1, -0.05) is 120 Å². The van der Waals surface area contributed by atoms with Gasteiger partial charge in [0.25, 0.3) is 0 Å². The van der Waals surface area contributed by atoms with Crippen LogP contribution in [0.25, 0.3) is 10.8 Å². The molecule has 0 aliphatic carbocycles. The number of anilines is 2. The summed E-state index contributed by atoms with van der Waals surface area (Å²) in [5.74, 6) is -2.19. The zero-order chi connectivity index (χ0) is 32.3. The largest absolute Gasteiger partial charge is 0.324 e. The molecule has 5 aromatic rings. The van der Waals surface area contributed by atoms with E-state index in [9.17, 15) is 19.2 Å². The number of nitrogens with zero attached hydrogens (tertiary/aromatic N) is 2. The maximum absolute atomic E-state index is 14.2. The number of aromatic nitrogens is 1. The van der Waals surface area contributed by atoms with Crippen LogP contribution in [0, 0.1) is 5.92 Å². The lowest BCUT2D eigenvalue weighted by atomic mass is 9.81. The van der Waals surface area contributed by atoms with E-state index in [1.807, 2.05) is 54.6 Å². The van der Waals surface area contributed by atoms with Crippen molar-refractivity contribution in [2.24, 2.45) is 5.92 Å². The normalized spacial score (nSPS) is 19.3. The molecule has 46 heavy (non-hydrogen) atoms. The average molecular weight is 713 g/mol. The highest BCUT2D eigenvalue weighted by atomic mass is 79.9. The van der Waals surface area contributed by atoms with Gasteiger partial charge in [0.1, 0.15) is 11.8 Å². The van der Waals surface area contributed by atoms with E-state index in [0.717, 1.165) is 37.7 Å². The fourth-order valence-electron chi connectivity index (χ4n) is 6.32. The van der Waals surface area contributed by atoms with Crippen LogP contribution in [-0.2, 0) is 26.3 Å². The van der Waals surface area contributed by atoms with Crippen LogP contribution in [0.2, 0.25) is 0 Å². The Morgan fingerprint density at radius 1 is 0.870 bits per heavy atom. The second-order valence-corrected chi connectivity index (χ2v) is 15.6. The molecule has 232 valence electrons. The molecule has 0 bridgehead atoms. The monoisotopic (exact) mass is 711 g/mol. The van der Waals surface area contributed by atoms with Gasteiger partial charge in [-0.25, -0.2) is 4.90 Å². The van der Waals surface area contributed by atoms with Crippen molar-refractivity contribution in [1.29, 1.82) is 0 Å². The van der Waals surface area contributed by atoms with Gasteiger partial charge in [-0.05, 0) is 52.3 Å². The molecule has 0 saturated carbocycles. The summed E-state index contributed by atoms with van der Waals surface area (Å²) < 4.78 is 2.30. The summed E-state index contributed by atoms with van der Waals surface area (Å²) in [6.45, 7) is 6.19. The molecule has 4 aromatic carbocycles. The Bertz CT molecular complexity index is 2070. The summed E-state index contributed by atoms with van der Waals surface area (Å²) in [7, 11) is 0. The summed E-state index contributed by atoms with van der Waals surface area (Å²) in [5.41, 5.74) is 3.09. The van der Waals surface area contributed by atoms with E-state index < -0.39 is 17.1 Å². The highest BCUT2D eigenvalue weighted by molar-refractivity contribution is 9.10. The number of carbonyl (C=O) groups excluding carboxylic acids is 3. The molecule has 10 heteroatoms. The van der Waals surface area contributed by atoms with E-state index in [0.29, 0.717) is 21.3 Å². The molecule has 3 heterocycles. The molecule has 3 amide bonds. The predicted molar refractivity (Wildman–Crippen MR) is 188 cm³/mol. The topological polar surface area (TPSA) is 88.5 Å². The number of thiazole rings is 1. The van der Waals surface area contributed by atoms with E-state index in [4.69, 9.17) is 0 Å². The molecule has 1 aromatic heterocycles. The third-order valence-corrected chi connectivity index (χ3v) is 11.8. The van der Waals surface area contributed by atoms with Crippen LogP contribution in [0.3, 0.4) is 0 Å². The van der Waals surface area contributed by atoms with Crippen LogP contribution in [0.5, 0.6) is 0 Å². The molecule has 1 saturated heterocycles. The van der Waals surface area contributed by atoms with E-state index in [1.54, 1.807) is 24.3 Å². The van der Waals surface area contributed by atoms with E-state index >= 15 is 0 Å². The highest BCUT2D eigenvalue weighted by Gasteiger charge is 2.56. The quantitative estimate of drug-likeness (QED) is 0.190. The van der Waals surface area contributed by atoms with Crippen molar-refractivity contribution in [2.45, 2.75) is 48.9 Å². The van der Waals surface area contributed by atoms with Crippen molar-refractivity contribution in [2.75, 3.05) is 10.2 Å². The van der Waals surface area contributed by atoms with Gasteiger partial charge in [0.15, 0.2) is 0 Å². The zero-order valence-corrected chi connectivity index (χ0v) is 28.5. The number of nitrogens with one attached hydrogen (secondary N) is 1. The molecule has 0 unspecified atom stereocenters. The van der Waals surface area contributed by atoms with E-state index in [1.165, 1.54) is 21.2 Å². The highest BCUT2D eigenvalue weighted by Crippen LogP contribution is 2.54. The maximum atomic E-state index is 14.2. The lowest BCUT2D eigenvalue weighted by Gasteiger charge is -2.31.